The molecule has 1 aromatic heterocycles. The Morgan fingerprint density at radius 2 is 2.24 bits per heavy atom. The molecule has 6 nitrogen and oxygen atoms in total. The van der Waals surface area contributed by atoms with E-state index in [4.69, 9.17) is 10.5 Å². The van der Waals surface area contributed by atoms with Crippen molar-refractivity contribution in [3.63, 3.8) is 0 Å². The largest absolute Gasteiger partial charge is 0.496 e. The van der Waals surface area contributed by atoms with Crippen molar-refractivity contribution in [1.82, 2.24) is 4.98 Å². The van der Waals surface area contributed by atoms with Crippen LogP contribution in [0.1, 0.15) is 6.42 Å². The van der Waals surface area contributed by atoms with Gasteiger partial charge >= 0.3 is 5.97 Å². The molecule has 2 aromatic rings. The molecule has 0 radical (unpaired) electrons. The summed E-state index contributed by atoms with van der Waals surface area (Å²) in [6.45, 7) is 0.831. The Morgan fingerprint density at radius 3 is 2.90 bits per heavy atom. The Hall–Kier alpha value is -2.34. The third-order valence-corrected chi connectivity index (χ3v) is 3.99. The van der Waals surface area contributed by atoms with Gasteiger partial charge < -0.3 is 20.5 Å². The molecular weight excluding hydrogens is 270 g/mol. The third-order valence-electron chi connectivity index (χ3n) is 3.99. The van der Waals surface area contributed by atoms with E-state index in [1.54, 1.807) is 13.3 Å². The first-order chi connectivity index (χ1) is 10.0. The lowest BCUT2D eigenvalue weighted by Crippen LogP contribution is -2.50. The summed E-state index contributed by atoms with van der Waals surface area (Å²) in [5.41, 5.74) is 4.73. The van der Waals surface area contributed by atoms with Crippen molar-refractivity contribution in [3.8, 4) is 5.75 Å². The van der Waals surface area contributed by atoms with Crippen LogP contribution in [-0.2, 0) is 4.79 Å². The summed E-state index contributed by atoms with van der Waals surface area (Å²) in [7, 11) is 1.63. The van der Waals surface area contributed by atoms with Gasteiger partial charge in [0.05, 0.1) is 7.11 Å². The van der Waals surface area contributed by atoms with E-state index in [1.807, 2.05) is 29.2 Å². The average Bonchev–Trinajstić information content (AvgIpc) is 2.90. The monoisotopic (exact) mass is 287 g/mol. The van der Waals surface area contributed by atoms with Crippen molar-refractivity contribution in [1.29, 1.82) is 0 Å². The second kappa shape index (κ2) is 4.89. The predicted molar refractivity (Wildman–Crippen MR) is 79.7 cm³/mol. The van der Waals surface area contributed by atoms with Crippen LogP contribution in [-0.4, -0.2) is 41.8 Å². The maximum Gasteiger partial charge on any atom is 0.325 e. The van der Waals surface area contributed by atoms with E-state index in [-0.39, 0.29) is 6.54 Å². The fourth-order valence-electron chi connectivity index (χ4n) is 2.78. The van der Waals surface area contributed by atoms with E-state index < -0.39 is 11.5 Å². The van der Waals surface area contributed by atoms with E-state index in [0.717, 1.165) is 22.3 Å². The lowest BCUT2D eigenvalue weighted by Gasteiger charge is -2.22. The van der Waals surface area contributed by atoms with Crippen LogP contribution in [0.5, 0.6) is 5.75 Å². The predicted octanol–water partition coefficient (Wildman–Crippen LogP) is 1.24. The highest BCUT2D eigenvalue weighted by Crippen LogP contribution is 2.33. The SMILES string of the molecule is COc1cccc2c(N3CCC(N)(C(=O)O)C3)nccc12. The molecule has 6 heteroatoms. The molecule has 2 heterocycles. The number of nitrogens with two attached hydrogens (primary N) is 1. The number of nitrogens with zero attached hydrogens (tertiary/aromatic N) is 2. The second-order valence-corrected chi connectivity index (χ2v) is 5.32. The number of pyridine rings is 1. The van der Waals surface area contributed by atoms with Gasteiger partial charge in [-0.05, 0) is 18.6 Å². The minimum atomic E-state index is -1.21. The van der Waals surface area contributed by atoms with Crippen LogP contribution in [0.3, 0.4) is 0 Å². The second-order valence-electron chi connectivity index (χ2n) is 5.32. The standard InChI is InChI=1S/C15H17N3O3/c1-21-12-4-2-3-11-10(12)5-7-17-13(11)18-8-6-15(16,9-18)14(19)20/h2-5,7H,6,8-9,16H2,1H3,(H,19,20). The molecule has 1 saturated heterocycles. The zero-order valence-electron chi connectivity index (χ0n) is 11.7. The van der Waals surface area contributed by atoms with Crippen LogP contribution in [0.15, 0.2) is 30.5 Å². The number of carboxylic acids is 1. The number of anilines is 1. The van der Waals surface area contributed by atoms with Crippen molar-refractivity contribution in [2.45, 2.75) is 12.0 Å². The first-order valence-electron chi connectivity index (χ1n) is 6.74. The highest BCUT2D eigenvalue weighted by atomic mass is 16.5. The van der Waals surface area contributed by atoms with Gasteiger partial charge in [-0.1, -0.05) is 12.1 Å². The summed E-state index contributed by atoms with van der Waals surface area (Å²) >= 11 is 0. The number of hydrogen-bond donors (Lipinski definition) is 2. The summed E-state index contributed by atoms with van der Waals surface area (Å²) in [6.07, 6.45) is 2.11. The maximum atomic E-state index is 11.3. The molecule has 110 valence electrons. The molecular formula is C15H17N3O3. The number of methoxy groups -OCH3 is 1. The summed E-state index contributed by atoms with van der Waals surface area (Å²) in [5.74, 6) is 0.551. The van der Waals surface area contributed by atoms with Crippen LogP contribution in [0.4, 0.5) is 5.82 Å². The van der Waals surface area contributed by atoms with Gasteiger partial charge in [0.1, 0.15) is 17.1 Å². The van der Waals surface area contributed by atoms with Crippen molar-refractivity contribution in [2.75, 3.05) is 25.1 Å². The van der Waals surface area contributed by atoms with E-state index in [0.29, 0.717) is 13.0 Å². The number of carbonyl (C=O) groups is 1. The van der Waals surface area contributed by atoms with E-state index >= 15 is 0 Å². The molecule has 21 heavy (non-hydrogen) atoms. The number of hydrogen-bond acceptors (Lipinski definition) is 5. The number of ether oxygens (including phenoxy) is 1. The quantitative estimate of drug-likeness (QED) is 0.883. The molecule has 0 amide bonds. The van der Waals surface area contributed by atoms with Crippen molar-refractivity contribution < 1.29 is 14.6 Å². The normalized spacial score (nSPS) is 21.7. The topological polar surface area (TPSA) is 88.7 Å². The zero-order chi connectivity index (χ0) is 15.0. The maximum absolute atomic E-state index is 11.3. The summed E-state index contributed by atoms with van der Waals surface area (Å²) in [6, 6.07) is 7.63. The van der Waals surface area contributed by atoms with Gasteiger partial charge in [-0.15, -0.1) is 0 Å². The number of carboxylic acid groups (broad SMARTS) is 1. The fourth-order valence-corrected chi connectivity index (χ4v) is 2.78. The Balaban J connectivity index is 2.05. The Kier molecular flexibility index (Phi) is 3.17. The molecule has 1 aliphatic rings. The molecule has 1 atom stereocenters. The number of aliphatic carboxylic acids is 1. The van der Waals surface area contributed by atoms with E-state index in [9.17, 15) is 9.90 Å². The van der Waals surface area contributed by atoms with Crippen LogP contribution in [0.25, 0.3) is 10.8 Å². The van der Waals surface area contributed by atoms with Gasteiger partial charge in [-0.3, -0.25) is 4.79 Å². The Labute approximate surface area is 122 Å². The molecule has 1 fully saturated rings. The lowest BCUT2D eigenvalue weighted by molar-refractivity contribution is -0.142. The van der Waals surface area contributed by atoms with Crippen LogP contribution in [0.2, 0.25) is 0 Å². The minimum Gasteiger partial charge on any atom is -0.496 e. The first-order valence-corrected chi connectivity index (χ1v) is 6.74. The van der Waals surface area contributed by atoms with Crippen LogP contribution < -0.4 is 15.4 Å². The van der Waals surface area contributed by atoms with Gasteiger partial charge in [0, 0.05) is 30.1 Å². The van der Waals surface area contributed by atoms with Gasteiger partial charge in [0.2, 0.25) is 0 Å². The lowest BCUT2D eigenvalue weighted by atomic mass is 10.0. The number of aromatic nitrogens is 1. The van der Waals surface area contributed by atoms with Crippen molar-refractivity contribution >= 4 is 22.6 Å². The number of rotatable bonds is 3. The molecule has 1 unspecified atom stereocenters. The molecule has 3 N–H and O–H groups in total. The van der Waals surface area contributed by atoms with Crippen molar-refractivity contribution in [3.05, 3.63) is 30.5 Å². The average molecular weight is 287 g/mol. The van der Waals surface area contributed by atoms with Gasteiger partial charge in [-0.25, -0.2) is 4.98 Å². The Morgan fingerprint density at radius 1 is 1.43 bits per heavy atom. The molecule has 1 aromatic carbocycles. The van der Waals surface area contributed by atoms with Crippen LogP contribution in [0, 0.1) is 0 Å². The highest BCUT2D eigenvalue weighted by Gasteiger charge is 2.42. The summed E-state index contributed by atoms with van der Waals surface area (Å²) in [5, 5.41) is 11.1. The third kappa shape index (κ3) is 2.17. The first kappa shape index (κ1) is 13.6. The van der Waals surface area contributed by atoms with Gasteiger partial charge in [0.25, 0.3) is 0 Å². The van der Waals surface area contributed by atoms with Gasteiger partial charge in [0.15, 0.2) is 0 Å². The molecule has 0 bridgehead atoms. The Bertz CT molecular complexity index is 704. The number of fused-ring (bicyclic) bond motifs is 1. The zero-order valence-corrected chi connectivity index (χ0v) is 11.7. The smallest absolute Gasteiger partial charge is 0.325 e. The van der Waals surface area contributed by atoms with Crippen molar-refractivity contribution in [2.24, 2.45) is 5.73 Å². The minimum absolute atomic E-state index is 0.256. The molecule has 0 spiro atoms. The molecule has 3 rings (SSSR count). The van der Waals surface area contributed by atoms with Crippen LogP contribution >= 0.6 is 0 Å². The molecule has 0 saturated carbocycles. The molecule has 1 aliphatic heterocycles. The van der Waals surface area contributed by atoms with Gasteiger partial charge in [-0.2, -0.15) is 0 Å². The fraction of sp³-hybridized carbons (Fsp3) is 0.333. The highest BCUT2D eigenvalue weighted by molar-refractivity contribution is 5.96. The van der Waals surface area contributed by atoms with E-state index in [2.05, 4.69) is 4.98 Å². The molecule has 0 aliphatic carbocycles. The summed E-state index contributed by atoms with van der Waals surface area (Å²) < 4.78 is 5.36. The van der Waals surface area contributed by atoms with E-state index in [1.165, 1.54) is 0 Å². The number of benzene rings is 1. The summed E-state index contributed by atoms with van der Waals surface area (Å²) in [4.78, 5) is 17.6.